The SMILES string of the molecule is CSCc1nc(NC(=O)[C@@H]2COCCO2)ccc1Cl. The molecule has 1 amide bonds. The van der Waals surface area contributed by atoms with Crippen LogP contribution in [0.1, 0.15) is 5.69 Å². The molecule has 1 N–H and O–H groups in total. The summed E-state index contributed by atoms with van der Waals surface area (Å²) in [5.41, 5.74) is 0.757. The molecule has 0 aliphatic carbocycles. The summed E-state index contributed by atoms with van der Waals surface area (Å²) in [6, 6.07) is 3.40. The number of carbonyl (C=O) groups excluding carboxylic acids is 1. The lowest BCUT2D eigenvalue weighted by atomic mass is 10.3. The molecule has 1 saturated heterocycles. The Morgan fingerprint density at radius 3 is 3.11 bits per heavy atom. The van der Waals surface area contributed by atoms with Gasteiger partial charge in [-0.25, -0.2) is 4.98 Å². The van der Waals surface area contributed by atoms with Crippen LogP contribution in [0.15, 0.2) is 12.1 Å². The number of aromatic nitrogens is 1. The molecule has 0 aromatic carbocycles. The van der Waals surface area contributed by atoms with Crippen molar-refractivity contribution in [3.8, 4) is 0 Å². The van der Waals surface area contributed by atoms with Crippen molar-refractivity contribution >= 4 is 35.1 Å². The number of anilines is 1. The number of pyridine rings is 1. The van der Waals surface area contributed by atoms with E-state index in [0.29, 0.717) is 29.8 Å². The minimum Gasteiger partial charge on any atom is -0.376 e. The molecule has 104 valence electrons. The van der Waals surface area contributed by atoms with Gasteiger partial charge in [0.2, 0.25) is 0 Å². The van der Waals surface area contributed by atoms with Gasteiger partial charge in [-0.05, 0) is 18.4 Å². The number of nitrogens with zero attached hydrogens (tertiary/aromatic N) is 1. The number of rotatable bonds is 4. The zero-order chi connectivity index (χ0) is 13.7. The van der Waals surface area contributed by atoms with E-state index in [1.54, 1.807) is 23.9 Å². The molecule has 19 heavy (non-hydrogen) atoms. The molecule has 1 atom stereocenters. The van der Waals surface area contributed by atoms with E-state index in [-0.39, 0.29) is 12.5 Å². The van der Waals surface area contributed by atoms with Crippen molar-refractivity contribution in [2.75, 3.05) is 31.4 Å². The highest BCUT2D eigenvalue weighted by molar-refractivity contribution is 7.97. The van der Waals surface area contributed by atoms with E-state index < -0.39 is 6.10 Å². The molecule has 0 bridgehead atoms. The van der Waals surface area contributed by atoms with Crippen LogP contribution in [0.25, 0.3) is 0 Å². The first-order valence-electron chi connectivity index (χ1n) is 5.85. The molecule has 1 fully saturated rings. The average Bonchev–Trinajstić information content (AvgIpc) is 2.44. The Morgan fingerprint density at radius 2 is 2.42 bits per heavy atom. The fourth-order valence-electron chi connectivity index (χ4n) is 1.64. The molecule has 2 rings (SSSR count). The molecule has 7 heteroatoms. The Morgan fingerprint density at radius 1 is 1.58 bits per heavy atom. The van der Waals surface area contributed by atoms with Crippen LogP contribution >= 0.6 is 23.4 Å². The molecule has 1 aromatic rings. The first kappa shape index (κ1) is 14.6. The van der Waals surface area contributed by atoms with Crippen LogP contribution < -0.4 is 5.32 Å². The third kappa shape index (κ3) is 4.07. The Hall–Kier alpha value is -0.820. The van der Waals surface area contributed by atoms with Gasteiger partial charge in [-0.15, -0.1) is 0 Å². The van der Waals surface area contributed by atoms with Crippen molar-refractivity contribution in [2.45, 2.75) is 11.9 Å². The first-order chi connectivity index (χ1) is 9.20. The molecule has 0 saturated carbocycles. The second-order valence-electron chi connectivity index (χ2n) is 3.98. The molecule has 1 aromatic heterocycles. The largest absolute Gasteiger partial charge is 0.376 e. The summed E-state index contributed by atoms with van der Waals surface area (Å²) in [7, 11) is 0. The summed E-state index contributed by atoms with van der Waals surface area (Å²) < 4.78 is 10.5. The van der Waals surface area contributed by atoms with Crippen LogP contribution in [-0.4, -0.2) is 43.1 Å². The standard InChI is InChI=1S/C12H15ClN2O3S/c1-19-7-9-8(13)2-3-11(14-9)15-12(16)10-6-17-4-5-18-10/h2-3,10H,4-7H2,1H3,(H,14,15,16)/t10-/m0/s1. The van der Waals surface area contributed by atoms with Gasteiger partial charge in [-0.1, -0.05) is 11.6 Å². The number of halogens is 1. The van der Waals surface area contributed by atoms with Crippen LogP contribution in [0.5, 0.6) is 0 Å². The smallest absolute Gasteiger partial charge is 0.257 e. The van der Waals surface area contributed by atoms with Crippen LogP contribution in [-0.2, 0) is 20.0 Å². The van der Waals surface area contributed by atoms with Gasteiger partial charge in [0.1, 0.15) is 5.82 Å². The summed E-state index contributed by atoms with van der Waals surface area (Å²) in [5, 5.41) is 3.32. The predicted molar refractivity (Wildman–Crippen MR) is 75.7 cm³/mol. The summed E-state index contributed by atoms with van der Waals surface area (Å²) >= 11 is 7.65. The van der Waals surface area contributed by atoms with Crippen molar-refractivity contribution in [1.29, 1.82) is 0 Å². The number of ether oxygens (including phenoxy) is 2. The maximum atomic E-state index is 11.9. The molecule has 0 spiro atoms. The van der Waals surface area contributed by atoms with Gasteiger partial charge >= 0.3 is 0 Å². The third-order valence-corrected chi connectivity index (χ3v) is 3.47. The van der Waals surface area contributed by atoms with Gasteiger partial charge < -0.3 is 14.8 Å². The quantitative estimate of drug-likeness (QED) is 0.921. The van der Waals surface area contributed by atoms with Crippen molar-refractivity contribution in [3.05, 3.63) is 22.8 Å². The fourth-order valence-corrected chi connectivity index (χ4v) is 2.38. The molecule has 5 nitrogen and oxygen atoms in total. The highest BCUT2D eigenvalue weighted by atomic mass is 35.5. The van der Waals surface area contributed by atoms with Crippen LogP contribution in [0.4, 0.5) is 5.82 Å². The van der Waals surface area contributed by atoms with Gasteiger partial charge in [0.15, 0.2) is 6.10 Å². The minimum absolute atomic E-state index is 0.246. The predicted octanol–water partition coefficient (Wildman–Crippen LogP) is 1.95. The van der Waals surface area contributed by atoms with Gasteiger partial charge in [-0.2, -0.15) is 11.8 Å². The highest BCUT2D eigenvalue weighted by Crippen LogP contribution is 2.20. The van der Waals surface area contributed by atoms with E-state index in [9.17, 15) is 4.79 Å². The summed E-state index contributed by atoms with van der Waals surface area (Å²) in [6.07, 6.45) is 1.39. The Bertz CT molecular complexity index is 453. The van der Waals surface area contributed by atoms with Crippen LogP contribution in [0.2, 0.25) is 5.02 Å². The highest BCUT2D eigenvalue weighted by Gasteiger charge is 2.23. The molecule has 2 heterocycles. The van der Waals surface area contributed by atoms with Gasteiger partial charge in [0.05, 0.1) is 30.5 Å². The second kappa shape index (κ2) is 7.09. The van der Waals surface area contributed by atoms with Crippen LogP contribution in [0, 0.1) is 0 Å². The topological polar surface area (TPSA) is 60.5 Å². The van der Waals surface area contributed by atoms with Crippen LogP contribution in [0.3, 0.4) is 0 Å². The van der Waals surface area contributed by atoms with Crippen molar-refractivity contribution < 1.29 is 14.3 Å². The van der Waals surface area contributed by atoms with Gasteiger partial charge in [0.25, 0.3) is 5.91 Å². The number of carbonyl (C=O) groups is 1. The molecular formula is C12H15ClN2O3S. The Labute approximate surface area is 121 Å². The number of thioether (sulfide) groups is 1. The van der Waals surface area contributed by atoms with E-state index in [0.717, 1.165) is 5.69 Å². The number of nitrogens with one attached hydrogen (secondary N) is 1. The summed E-state index contributed by atoms with van der Waals surface area (Å²) in [4.78, 5) is 16.2. The molecule has 1 aliphatic rings. The first-order valence-corrected chi connectivity index (χ1v) is 7.62. The molecular weight excluding hydrogens is 288 g/mol. The van der Waals surface area contributed by atoms with Crippen molar-refractivity contribution in [2.24, 2.45) is 0 Å². The maximum absolute atomic E-state index is 11.9. The van der Waals surface area contributed by atoms with E-state index in [2.05, 4.69) is 10.3 Å². The number of hydrogen-bond donors (Lipinski definition) is 1. The van der Waals surface area contributed by atoms with Crippen molar-refractivity contribution in [3.63, 3.8) is 0 Å². The zero-order valence-electron chi connectivity index (χ0n) is 10.5. The lowest BCUT2D eigenvalue weighted by Gasteiger charge is -2.21. The molecule has 1 aliphatic heterocycles. The zero-order valence-corrected chi connectivity index (χ0v) is 12.1. The summed E-state index contributed by atoms with van der Waals surface area (Å²) in [5.74, 6) is 0.934. The third-order valence-electron chi connectivity index (χ3n) is 2.56. The van der Waals surface area contributed by atoms with E-state index in [1.807, 2.05) is 6.26 Å². The molecule has 0 unspecified atom stereocenters. The average molecular weight is 303 g/mol. The maximum Gasteiger partial charge on any atom is 0.257 e. The van der Waals surface area contributed by atoms with Gasteiger partial charge in [0, 0.05) is 5.75 Å². The molecule has 0 radical (unpaired) electrons. The Kier molecular flexibility index (Phi) is 5.45. The lowest BCUT2D eigenvalue weighted by molar-refractivity contribution is -0.142. The Balaban J connectivity index is 2.01. The van der Waals surface area contributed by atoms with E-state index >= 15 is 0 Å². The normalized spacial score (nSPS) is 19.2. The fraction of sp³-hybridized carbons (Fsp3) is 0.500. The number of amides is 1. The van der Waals surface area contributed by atoms with E-state index in [4.69, 9.17) is 21.1 Å². The lowest BCUT2D eigenvalue weighted by Crippen LogP contribution is -2.39. The second-order valence-corrected chi connectivity index (χ2v) is 5.25. The summed E-state index contributed by atoms with van der Waals surface area (Å²) in [6.45, 7) is 1.24. The van der Waals surface area contributed by atoms with Gasteiger partial charge in [-0.3, -0.25) is 4.79 Å². The monoisotopic (exact) mass is 302 g/mol. The minimum atomic E-state index is -0.574. The number of hydrogen-bond acceptors (Lipinski definition) is 5. The van der Waals surface area contributed by atoms with Crippen molar-refractivity contribution in [1.82, 2.24) is 4.98 Å². The van der Waals surface area contributed by atoms with E-state index in [1.165, 1.54) is 0 Å².